The number of carbonyl (C=O) groups is 1. The van der Waals surface area contributed by atoms with Gasteiger partial charge in [0.15, 0.2) is 11.9 Å². The Hall–Kier alpha value is -4.01. The van der Waals surface area contributed by atoms with Crippen molar-refractivity contribution in [1.29, 1.82) is 0 Å². The van der Waals surface area contributed by atoms with E-state index in [1.54, 1.807) is 4.79 Å². The first-order valence-electron chi connectivity index (χ1n) is 22.4. The molecule has 1 aromatic heterocycles. The molecule has 57 heavy (non-hydrogen) atoms. The van der Waals surface area contributed by atoms with E-state index in [0.717, 1.165) is 80.9 Å². The van der Waals surface area contributed by atoms with Crippen molar-refractivity contribution in [2.75, 3.05) is 24.5 Å². The standard InChI is InChI=1S/C48H73N7O2/c1-11-15-17-19-20-22-29-54-30-28-36-31-38(25-26-40(36)54)50-43-35(6)52-55-45(43)51-44(53-55)34(5)33-49-46(56)42(23-21-18-16-12-2)57-41-27-24-37(47(7,8)13-3)32-39(41)48(9,10)14-4/h24-27,31-32,34,42H,11-23,28-30,33H2,1-10H3,(H,49,56)/b50-43-. The van der Waals surface area contributed by atoms with Gasteiger partial charge in [-0.25, -0.2) is 9.98 Å². The van der Waals surface area contributed by atoms with Gasteiger partial charge in [0.1, 0.15) is 11.5 Å². The monoisotopic (exact) mass is 780 g/mol. The third-order valence-corrected chi connectivity index (χ3v) is 12.6. The molecule has 1 N–H and O–H groups in total. The van der Waals surface area contributed by atoms with Crippen molar-refractivity contribution in [3.63, 3.8) is 0 Å². The van der Waals surface area contributed by atoms with Gasteiger partial charge < -0.3 is 15.0 Å². The van der Waals surface area contributed by atoms with Crippen LogP contribution in [0.2, 0.25) is 0 Å². The number of hydrogen-bond acceptors (Lipinski definition) is 7. The molecule has 2 atom stereocenters. The topological polar surface area (TPSA) is 97.0 Å². The number of ether oxygens (including phenoxy) is 1. The molecule has 9 nitrogen and oxygen atoms in total. The van der Waals surface area contributed by atoms with Crippen LogP contribution in [0.5, 0.6) is 5.75 Å². The van der Waals surface area contributed by atoms with E-state index in [2.05, 4.69) is 107 Å². The highest BCUT2D eigenvalue weighted by Crippen LogP contribution is 2.39. The molecule has 0 saturated carbocycles. The second-order valence-corrected chi connectivity index (χ2v) is 17.9. The highest BCUT2D eigenvalue weighted by Gasteiger charge is 2.31. The van der Waals surface area contributed by atoms with Crippen molar-refractivity contribution in [2.45, 2.75) is 182 Å². The average molecular weight is 780 g/mol. The summed E-state index contributed by atoms with van der Waals surface area (Å²) < 4.78 is 6.73. The molecular weight excluding hydrogens is 707 g/mol. The lowest BCUT2D eigenvalue weighted by Gasteiger charge is -2.31. The summed E-state index contributed by atoms with van der Waals surface area (Å²) in [5.74, 6) is 1.86. The normalized spacial score (nSPS) is 15.8. The van der Waals surface area contributed by atoms with Crippen LogP contribution in [0, 0.1) is 0 Å². The van der Waals surface area contributed by atoms with Crippen LogP contribution in [0.25, 0.3) is 0 Å². The Morgan fingerprint density at radius 2 is 1.60 bits per heavy atom. The summed E-state index contributed by atoms with van der Waals surface area (Å²) in [5, 5.41) is 12.6. The van der Waals surface area contributed by atoms with Crippen molar-refractivity contribution >= 4 is 28.7 Å². The van der Waals surface area contributed by atoms with Gasteiger partial charge in [-0.05, 0) is 91.7 Å². The van der Waals surface area contributed by atoms with Gasteiger partial charge in [0.25, 0.3) is 5.91 Å². The fourth-order valence-electron chi connectivity index (χ4n) is 7.79. The zero-order valence-corrected chi connectivity index (χ0v) is 37.1. The third-order valence-electron chi connectivity index (χ3n) is 12.6. The van der Waals surface area contributed by atoms with E-state index in [1.165, 1.54) is 60.9 Å². The molecule has 0 radical (unpaired) electrons. The van der Waals surface area contributed by atoms with Gasteiger partial charge >= 0.3 is 0 Å². The van der Waals surface area contributed by atoms with Gasteiger partial charge in [-0.1, -0.05) is 126 Å². The zero-order valence-electron chi connectivity index (χ0n) is 37.1. The minimum absolute atomic E-state index is 0.0543. The zero-order chi connectivity index (χ0) is 41.2. The number of anilines is 1. The maximum atomic E-state index is 14.0. The second-order valence-electron chi connectivity index (χ2n) is 17.9. The van der Waals surface area contributed by atoms with Crippen LogP contribution in [0.1, 0.15) is 187 Å². The number of rotatable bonds is 23. The number of fused-ring (bicyclic) bond motifs is 2. The van der Waals surface area contributed by atoms with Crippen molar-refractivity contribution in [3.8, 4) is 5.75 Å². The van der Waals surface area contributed by atoms with E-state index in [-0.39, 0.29) is 22.7 Å². The number of nitrogens with zero attached hydrogens (tertiary/aromatic N) is 6. The molecule has 2 aromatic carbocycles. The van der Waals surface area contributed by atoms with E-state index in [1.807, 2.05) is 13.8 Å². The molecule has 3 aromatic rings. The Morgan fingerprint density at radius 1 is 0.895 bits per heavy atom. The highest BCUT2D eigenvalue weighted by molar-refractivity contribution is 6.48. The number of aliphatic imine (C=N–C) groups is 1. The summed E-state index contributed by atoms with van der Waals surface area (Å²) in [5.41, 5.74) is 7.58. The first-order valence-corrected chi connectivity index (χ1v) is 22.4. The van der Waals surface area contributed by atoms with Crippen molar-refractivity contribution in [1.82, 2.24) is 20.2 Å². The van der Waals surface area contributed by atoms with Crippen LogP contribution < -0.4 is 15.0 Å². The molecule has 2 unspecified atom stereocenters. The predicted molar refractivity (Wildman–Crippen MR) is 238 cm³/mol. The Bertz CT molecular complexity index is 1850. The lowest BCUT2D eigenvalue weighted by atomic mass is 9.76. The van der Waals surface area contributed by atoms with Gasteiger partial charge in [0, 0.05) is 36.8 Å². The van der Waals surface area contributed by atoms with Crippen LogP contribution in [-0.2, 0) is 22.0 Å². The molecule has 0 bridgehead atoms. The van der Waals surface area contributed by atoms with Crippen molar-refractivity contribution < 1.29 is 9.53 Å². The van der Waals surface area contributed by atoms with Crippen LogP contribution >= 0.6 is 0 Å². The van der Waals surface area contributed by atoms with Crippen LogP contribution in [0.3, 0.4) is 0 Å². The molecule has 312 valence electrons. The summed E-state index contributed by atoms with van der Waals surface area (Å²) in [6.45, 7) is 24.6. The fraction of sp³-hybridized carbons (Fsp3) is 0.646. The number of carbonyl (C=O) groups excluding carboxylic acids is 1. The van der Waals surface area contributed by atoms with E-state index in [0.29, 0.717) is 24.6 Å². The van der Waals surface area contributed by atoms with E-state index >= 15 is 0 Å². The minimum atomic E-state index is -0.591. The summed E-state index contributed by atoms with van der Waals surface area (Å²) in [6, 6.07) is 13.2. The molecule has 2 aliphatic heterocycles. The highest BCUT2D eigenvalue weighted by atomic mass is 16.5. The molecule has 9 heteroatoms. The molecule has 2 aliphatic rings. The summed E-state index contributed by atoms with van der Waals surface area (Å²) >= 11 is 0. The Labute approximate surface area is 344 Å². The maximum absolute atomic E-state index is 14.0. The van der Waals surface area contributed by atoms with Gasteiger partial charge in [-0.2, -0.15) is 5.10 Å². The lowest BCUT2D eigenvalue weighted by molar-refractivity contribution is -0.128. The molecule has 0 spiro atoms. The Kier molecular flexibility index (Phi) is 15.6. The van der Waals surface area contributed by atoms with Gasteiger partial charge in [-0.3, -0.25) is 4.79 Å². The summed E-state index contributed by atoms with van der Waals surface area (Å²) in [4.78, 5) is 28.1. The largest absolute Gasteiger partial charge is 0.480 e. The maximum Gasteiger partial charge on any atom is 0.261 e. The SMILES string of the molecule is CCCCCCCCN1CCc2cc(/N=C3/C(C)=Nn4nc(C(C)CNC(=O)C(CCCCCC)Oc5ccc(C(C)(C)CC)cc5C(C)(C)CC)nc43)ccc21. The van der Waals surface area contributed by atoms with Crippen LogP contribution in [-0.4, -0.2) is 57.9 Å². The summed E-state index contributed by atoms with van der Waals surface area (Å²) in [6.07, 6.45) is 15.3. The predicted octanol–water partition coefficient (Wildman–Crippen LogP) is 11.4. The number of benzene rings is 2. The Balaban J connectivity index is 1.26. The second kappa shape index (κ2) is 20.1. The van der Waals surface area contributed by atoms with Gasteiger partial charge in [-0.15, -0.1) is 9.89 Å². The van der Waals surface area contributed by atoms with Crippen molar-refractivity contribution in [2.24, 2.45) is 10.1 Å². The number of amides is 1. The number of unbranched alkanes of at least 4 members (excludes halogenated alkanes) is 8. The quantitative estimate of drug-likeness (QED) is 0.0967. The Morgan fingerprint density at radius 3 is 2.32 bits per heavy atom. The van der Waals surface area contributed by atoms with E-state index in [9.17, 15) is 4.79 Å². The molecule has 3 heterocycles. The number of aromatic nitrogens is 3. The molecular formula is C48H73N7O2. The van der Waals surface area contributed by atoms with E-state index in [4.69, 9.17) is 19.8 Å². The number of hydrogen-bond donors (Lipinski definition) is 1. The minimum Gasteiger partial charge on any atom is -0.480 e. The van der Waals surface area contributed by atoms with Gasteiger partial charge in [0.2, 0.25) is 5.82 Å². The molecule has 1 amide bonds. The molecule has 0 fully saturated rings. The van der Waals surface area contributed by atoms with Crippen LogP contribution in [0.4, 0.5) is 11.4 Å². The van der Waals surface area contributed by atoms with E-state index < -0.39 is 6.10 Å². The molecule has 0 aliphatic carbocycles. The van der Waals surface area contributed by atoms with Crippen molar-refractivity contribution in [3.05, 3.63) is 64.7 Å². The first-order chi connectivity index (χ1) is 27.3. The average Bonchev–Trinajstić information content (AvgIpc) is 3.89. The van der Waals surface area contributed by atoms with Gasteiger partial charge in [0.05, 0.1) is 11.4 Å². The van der Waals surface area contributed by atoms with Crippen LogP contribution in [0.15, 0.2) is 46.5 Å². The third kappa shape index (κ3) is 11.1. The smallest absolute Gasteiger partial charge is 0.261 e. The molecule has 5 rings (SSSR count). The number of nitrogens with one attached hydrogen (secondary N) is 1. The fourth-order valence-corrected chi connectivity index (χ4v) is 7.79. The lowest BCUT2D eigenvalue weighted by Crippen LogP contribution is -2.40. The molecule has 0 saturated heterocycles. The first kappa shape index (κ1) is 44.1. The summed E-state index contributed by atoms with van der Waals surface area (Å²) in [7, 11) is 0.